The van der Waals surface area contributed by atoms with Crippen LogP contribution in [0.15, 0.2) is 49.1 Å². The summed E-state index contributed by atoms with van der Waals surface area (Å²) in [5.74, 6) is 0. The third-order valence-electron chi connectivity index (χ3n) is 5.48. The highest BCUT2D eigenvalue weighted by Gasteiger charge is 2.24. The van der Waals surface area contributed by atoms with E-state index in [0.29, 0.717) is 0 Å². The standard InChI is InChI=1S/C25H33Cl/c1-6-8-10-12-23-19(3)17-22(18-24(23)26)25(4,5)21-15-13-20(14-16-21)11-9-7-2/h7,13-18H,2,6,8-12H2,1,3-5H3. The third kappa shape index (κ3) is 5.01. The highest BCUT2D eigenvalue weighted by Crippen LogP contribution is 2.35. The Labute approximate surface area is 165 Å². The first kappa shape index (κ1) is 20.8. The van der Waals surface area contributed by atoms with Crippen LogP contribution in [-0.4, -0.2) is 0 Å². The van der Waals surface area contributed by atoms with E-state index in [9.17, 15) is 0 Å². The molecule has 0 saturated carbocycles. The molecule has 0 atom stereocenters. The van der Waals surface area contributed by atoms with Crippen LogP contribution >= 0.6 is 11.6 Å². The molecule has 0 spiro atoms. The van der Waals surface area contributed by atoms with Crippen molar-refractivity contribution in [2.75, 3.05) is 0 Å². The van der Waals surface area contributed by atoms with Gasteiger partial charge in [-0.1, -0.05) is 81.6 Å². The largest absolute Gasteiger partial charge is 0.103 e. The first-order valence-electron chi connectivity index (χ1n) is 9.90. The van der Waals surface area contributed by atoms with Gasteiger partial charge in [-0.25, -0.2) is 0 Å². The Balaban J connectivity index is 2.26. The number of hydrogen-bond acceptors (Lipinski definition) is 0. The van der Waals surface area contributed by atoms with E-state index >= 15 is 0 Å². The number of halogens is 1. The van der Waals surface area contributed by atoms with Crippen molar-refractivity contribution in [3.05, 3.63) is 81.9 Å². The van der Waals surface area contributed by atoms with E-state index < -0.39 is 0 Å². The lowest BCUT2D eigenvalue weighted by Gasteiger charge is -2.28. The van der Waals surface area contributed by atoms with Gasteiger partial charge in [-0.2, -0.15) is 0 Å². The summed E-state index contributed by atoms with van der Waals surface area (Å²) < 4.78 is 0. The predicted molar refractivity (Wildman–Crippen MR) is 117 cm³/mol. The Hall–Kier alpha value is -1.53. The van der Waals surface area contributed by atoms with Crippen LogP contribution in [0, 0.1) is 6.92 Å². The lowest BCUT2D eigenvalue weighted by atomic mass is 9.77. The van der Waals surface area contributed by atoms with Gasteiger partial charge in [0.05, 0.1) is 0 Å². The second kappa shape index (κ2) is 9.42. The van der Waals surface area contributed by atoms with Crippen molar-refractivity contribution in [3.8, 4) is 0 Å². The summed E-state index contributed by atoms with van der Waals surface area (Å²) >= 11 is 6.68. The first-order valence-corrected chi connectivity index (χ1v) is 10.3. The average Bonchev–Trinajstić information content (AvgIpc) is 2.62. The summed E-state index contributed by atoms with van der Waals surface area (Å²) in [6, 6.07) is 13.5. The van der Waals surface area contributed by atoms with Gasteiger partial charge >= 0.3 is 0 Å². The van der Waals surface area contributed by atoms with Gasteiger partial charge in [-0.05, 0) is 66.5 Å². The van der Waals surface area contributed by atoms with E-state index in [1.54, 1.807) is 0 Å². The van der Waals surface area contributed by atoms with Crippen LogP contribution < -0.4 is 0 Å². The first-order chi connectivity index (χ1) is 12.4. The van der Waals surface area contributed by atoms with E-state index in [1.807, 2.05) is 6.08 Å². The minimum Gasteiger partial charge on any atom is -0.103 e. The fraction of sp³-hybridized carbons (Fsp3) is 0.440. The minimum atomic E-state index is -0.0622. The van der Waals surface area contributed by atoms with Gasteiger partial charge in [-0.15, -0.1) is 6.58 Å². The molecule has 0 aromatic heterocycles. The van der Waals surface area contributed by atoms with Crippen LogP contribution in [0.1, 0.15) is 74.3 Å². The van der Waals surface area contributed by atoms with E-state index in [2.05, 4.69) is 70.7 Å². The average molecular weight is 369 g/mol. The molecule has 0 N–H and O–H groups in total. The van der Waals surface area contributed by atoms with E-state index in [0.717, 1.165) is 24.3 Å². The fourth-order valence-corrected chi connectivity index (χ4v) is 3.89. The second-order valence-corrected chi connectivity index (χ2v) is 8.27. The molecule has 1 heteroatoms. The predicted octanol–water partition coefficient (Wildman–Crippen LogP) is 7.83. The molecule has 2 rings (SSSR count). The molecule has 0 fully saturated rings. The maximum Gasteiger partial charge on any atom is 0.0443 e. The fourth-order valence-electron chi connectivity index (χ4n) is 3.53. The highest BCUT2D eigenvalue weighted by molar-refractivity contribution is 6.31. The molecule has 2 aromatic carbocycles. The van der Waals surface area contributed by atoms with Crippen LogP contribution in [0.4, 0.5) is 0 Å². The molecule has 0 nitrogen and oxygen atoms in total. The van der Waals surface area contributed by atoms with Crippen molar-refractivity contribution in [3.63, 3.8) is 0 Å². The minimum absolute atomic E-state index is 0.0622. The SMILES string of the molecule is C=CCCc1ccc(C(C)(C)c2cc(C)c(CCCCC)c(Cl)c2)cc1. The summed E-state index contributed by atoms with van der Waals surface area (Å²) in [6.07, 6.45) is 8.86. The molecular weight excluding hydrogens is 336 g/mol. The molecule has 0 amide bonds. The molecule has 140 valence electrons. The van der Waals surface area contributed by atoms with Crippen molar-refractivity contribution in [1.29, 1.82) is 0 Å². The number of hydrogen-bond donors (Lipinski definition) is 0. The van der Waals surface area contributed by atoms with E-state index in [1.165, 1.54) is 47.1 Å². The molecule has 0 aliphatic heterocycles. The monoisotopic (exact) mass is 368 g/mol. The van der Waals surface area contributed by atoms with E-state index in [4.69, 9.17) is 11.6 Å². The van der Waals surface area contributed by atoms with Gasteiger partial charge < -0.3 is 0 Å². The van der Waals surface area contributed by atoms with Gasteiger partial charge in [0.15, 0.2) is 0 Å². The number of unbranched alkanes of at least 4 members (excludes halogenated alkanes) is 2. The zero-order valence-electron chi connectivity index (χ0n) is 16.9. The van der Waals surface area contributed by atoms with Crippen LogP contribution in [0.5, 0.6) is 0 Å². The second-order valence-electron chi connectivity index (χ2n) is 7.86. The summed E-state index contributed by atoms with van der Waals surface area (Å²) in [6.45, 7) is 12.8. The normalized spacial score (nSPS) is 11.6. The van der Waals surface area contributed by atoms with Crippen LogP contribution in [-0.2, 0) is 18.3 Å². The Morgan fingerprint density at radius 2 is 1.69 bits per heavy atom. The van der Waals surface area contributed by atoms with Crippen molar-refractivity contribution in [2.24, 2.45) is 0 Å². The molecule has 0 unspecified atom stereocenters. The van der Waals surface area contributed by atoms with Gasteiger partial charge in [-0.3, -0.25) is 0 Å². The number of aryl methyl sites for hydroxylation is 2. The lowest BCUT2D eigenvalue weighted by molar-refractivity contribution is 0.638. The van der Waals surface area contributed by atoms with Crippen LogP contribution in [0.2, 0.25) is 5.02 Å². The zero-order valence-corrected chi connectivity index (χ0v) is 17.6. The summed E-state index contributed by atoms with van der Waals surface area (Å²) in [4.78, 5) is 0. The molecule has 0 heterocycles. The zero-order chi connectivity index (χ0) is 19.2. The van der Waals surface area contributed by atoms with Crippen molar-refractivity contribution < 1.29 is 0 Å². The molecule has 2 aromatic rings. The smallest absolute Gasteiger partial charge is 0.0443 e. The Morgan fingerprint density at radius 3 is 2.27 bits per heavy atom. The lowest BCUT2D eigenvalue weighted by Crippen LogP contribution is -2.19. The molecule has 0 saturated heterocycles. The van der Waals surface area contributed by atoms with Gasteiger partial charge in [0.2, 0.25) is 0 Å². The Morgan fingerprint density at radius 1 is 1.00 bits per heavy atom. The maximum atomic E-state index is 6.68. The van der Waals surface area contributed by atoms with Crippen molar-refractivity contribution in [2.45, 2.75) is 71.6 Å². The van der Waals surface area contributed by atoms with Crippen molar-refractivity contribution >= 4 is 11.6 Å². The number of allylic oxidation sites excluding steroid dienone is 1. The topological polar surface area (TPSA) is 0 Å². The van der Waals surface area contributed by atoms with E-state index in [-0.39, 0.29) is 5.41 Å². The molecule has 0 aliphatic rings. The summed E-state index contributed by atoms with van der Waals surface area (Å²) in [5, 5.41) is 0.923. The highest BCUT2D eigenvalue weighted by atomic mass is 35.5. The molecule has 0 bridgehead atoms. The van der Waals surface area contributed by atoms with Gasteiger partial charge in [0, 0.05) is 10.4 Å². The summed E-state index contributed by atoms with van der Waals surface area (Å²) in [7, 11) is 0. The Bertz CT molecular complexity index is 699. The molecule has 26 heavy (non-hydrogen) atoms. The van der Waals surface area contributed by atoms with Crippen LogP contribution in [0.3, 0.4) is 0 Å². The van der Waals surface area contributed by atoms with Crippen LogP contribution in [0.25, 0.3) is 0 Å². The quantitative estimate of drug-likeness (QED) is 0.312. The molecule has 0 radical (unpaired) electrons. The molecule has 0 aliphatic carbocycles. The summed E-state index contributed by atoms with van der Waals surface area (Å²) in [5.41, 5.74) is 6.56. The number of benzene rings is 2. The van der Waals surface area contributed by atoms with Crippen molar-refractivity contribution in [1.82, 2.24) is 0 Å². The maximum absolute atomic E-state index is 6.68. The Kier molecular flexibility index (Phi) is 7.53. The third-order valence-corrected chi connectivity index (χ3v) is 5.82. The van der Waals surface area contributed by atoms with Gasteiger partial charge in [0.25, 0.3) is 0 Å². The molecular formula is C25H33Cl. The number of rotatable bonds is 9. The van der Waals surface area contributed by atoms with Gasteiger partial charge in [0.1, 0.15) is 0 Å².